The summed E-state index contributed by atoms with van der Waals surface area (Å²) in [6.45, 7) is 6.34. The number of carbonyl (C=O) groups excluding carboxylic acids is 3. The standard InChI is InChI=1S/C65H102O6/c1-4-7-10-13-16-19-22-25-28-31-32-35-37-40-43-46-49-52-55-58-64(67)70-61-62(71-65(68)59-56-53-50-47-44-41-38-34-30-27-24-21-18-15-12-9-6-3)60-69-63(66)57-54-51-48-45-42-39-36-33-29-26-23-20-17-14-11-8-5-2/h9,12,16-21,25-30,32,35,38,40-41,43,47,49-50,52,62H,4-8,10-11,13-15,22-24,31,33-34,36-37,39,42,44-46,48,51,53-61H2,1-3H3/b12-9-,19-16-,20-17-,21-18-,28-25-,29-26-,30-27-,35-32-,41-38-,43-40-,50-47-,52-49-/t62-/m0/s1. The Morgan fingerprint density at radius 2 is 0.592 bits per heavy atom. The van der Waals surface area contributed by atoms with Gasteiger partial charge in [0.1, 0.15) is 13.2 Å². The SMILES string of the molecule is CC/C=C\C/C=C\C/C=C\C/C=C\C/C=C\CCCC(=O)O[C@H](COC(=O)CC/C=C\C/C=C\C/C=C\C/C=C\C/C=C\CCCCC)COC(=O)CCCCCCCCC/C=C\C/C=C\CCCCC. The van der Waals surface area contributed by atoms with Gasteiger partial charge in [0.05, 0.1) is 0 Å². The number of esters is 3. The lowest BCUT2D eigenvalue weighted by molar-refractivity contribution is -0.166. The van der Waals surface area contributed by atoms with Gasteiger partial charge in [-0.25, -0.2) is 0 Å². The van der Waals surface area contributed by atoms with Gasteiger partial charge in [-0.3, -0.25) is 14.4 Å². The van der Waals surface area contributed by atoms with Crippen LogP contribution in [0.25, 0.3) is 0 Å². The Morgan fingerprint density at radius 3 is 0.986 bits per heavy atom. The summed E-state index contributed by atoms with van der Waals surface area (Å²) < 4.78 is 16.7. The van der Waals surface area contributed by atoms with Crippen molar-refractivity contribution in [1.29, 1.82) is 0 Å². The number of carbonyl (C=O) groups is 3. The molecule has 71 heavy (non-hydrogen) atoms. The van der Waals surface area contributed by atoms with Crippen molar-refractivity contribution in [3.05, 3.63) is 146 Å². The predicted octanol–water partition coefficient (Wildman–Crippen LogP) is 19.2. The molecule has 0 amide bonds. The highest BCUT2D eigenvalue weighted by Crippen LogP contribution is 2.12. The third-order valence-corrected chi connectivity index (χ3v) is 11.3. The zero-order valence-corrected chi connectivity index (χ0v) is 45.4. The third kappa shape index (κ3) is 56.1. The van der Waals surface area contributed by atoms with Crippen LogP contribution in [0.5, 0.6) is 0 Å². The highest BCUT2D eigenvalue weighted by atomic mass is 16.6. The van der Waals surface area contributed by atoms with Gasteiger partial charge in [0.15, 0.2) is 6.10 Å². The van der Waals surface area contributed by atoms with E-state index in [1.54, 1.807) is 0 Å². The van der Waals surface area contributed by atoms with Crippen LogP contribution in [0.4, 0.5) is 0 Å². The highest BCUT2D eigenvalue weighted by Gasteiger charge is 2.19. The Bertz CT molecular complexity index is 1590. The fraction of sp³-hybridized carbons (Fsp3) is 0.585. The largest absolute Gasteiger partial charge is 0.462 e. The Hall–Kier alpha value is -4.71. The van der Waals surface area contributed by atoms with Crippen LogP contribution in [0.3, 0.4) is 0 Å². The third-order valence-electron chi connectivity index (χ3n) is 11.3. The minimum Gasteiger partial charge on any atom is -0.462 e. The van der Waals surface area contributed by atoms with E-state index in [1.165, 1.54) is 77.0 Å². The second kappa shape index (κ2) is 57.9. The molecule has 0 spiro atoms. The van der Waals surface area contributed by atoms with Gasteiger partial charge >= 0.3 is 17.9 Å². The predicted molar refractivity (Wildman–Crippen MR) is 306 cm³/mol. The maximum absolute atomic E-state index is 12.8. The second-order valence-electron chi connectivity index (χ2n) is 18.1. The fourth-order valence-electron chi connectivity index (χ4n) is 7.08. The first-order valence-electron chi connectivity index (χ1n) is 28.3. The fourth-order valence-corrected chi connectivity index (χ4v) is 7.08. The molecule has 0 bridgehead atoms. The Balaban J connectivity index is 4.63. The van der Waals surface area contributed by atoms with Gasteiger partial charge < -0.3 is 14.2 Å². The average Bonchev–Trinajstić information content (AvgIpc) is 3.37. The lowest BCUT2D eigenvalue weighted by atomic mass is 10.1. The molecule has 0 N–H and O–H groups in total. The van der Waals surface area contributed by atoms with E-state index in [2.05, 4.69) is 154 Å². The van der Waals surface area contributed by atoms with Crippen molar-refractivity contribution in [3.63, 3.8) is 0 Å². The number of hydrogen-bond donors (Lipinski definition) is 0. The normalized spacial score (nSPS) is 13.2. The molecule has 0 rings (SSSR count). The first kappa shape index (κ1) is 66.3. The van der Waals surface area contributed by atoms with E-state index in [9.17, 15) is 14.4 Å². The molecule has 0 radical (unpaired) electrons. The molecule has 0 saturated carbocycles. The number of allylic oxidation sites excluding steroid dienone is 24. The molecule has 1 atom stereocenters. The Morgan fingerprint density at radius 1 is 0.296 bits per heavy atom. The summed E-state index contributed by atoms with van der Waals surface area (Å²) in [5, 5.41) is 0. The van der Waals surface area contributed by atoms with E-state index >= 15 is 0 Å². The molecule has 6 heteroatoms. The first-order valence-corrected chi connectivity index (χ1v) is 28.3. The van der Waals surface area contributed by atoms with Crippen molar-refractivity contribution in [3.8, 4) is 0 Å². The van der Waals surface area contributed by atoms with Gasteiger partial charge in [0.2, 0.25) is 0 Å². The number of rotatable bonds is 49. The maximum Gasteiger partial charge on any atom is 0.306 e. The summed E-state index contributed by atoms with van der Waals surface area (Å²) in [5.41, 5.74) is 0. The topological polar surface area (TPSA) is 78.9 Å². The highest BCUT2D eigenvalue weighted by molar-refractivity contribution is 5.71. The molecule has 6 nitrogen and oxygen atoms in total. The van der Waals surface area contributed by atoms with Crippen molar-refractivity contribution in [1.82, 2.24) is 0 Å². The van der Waals surface area contributed by atoms with Crippen molar-refractivity contribution in [2.75, 3.05) is 13.2 Å². The molecule has 0 heterocycles. The molecule has 0 unspecified atom stereocenters. The molecule has 0 fully saturated rings. The van der Waals surface area contributed by atoms with Gasteiger partial charge in [-0.05, 0) is 128 Å². The zero-order chi connectivity index (χ0) is 51.4. The summed E-state index contributed by atoms with van der Waals surface area (Å²) in [7, 11) is 0. The molecule has 0 saturated heterocycles. The molecular weight excluding hydrogens is 877 g/mol. The van der Waals surface area contributed by atoms with E-state index in [4.69, 9.17) is 14.2 Å². The van der Waals surface area contributed by atoms with Crippen LogP contribution in [-0.4, -0.2) is 37.2 Å². The summed E-state index contributed by atoms with van der Waals surface area (Å²) >= 11 is 0. The molecule has 0 aromatic heterocycles. The van der Waals surface area contributed by atoms with Crippen LogP contribution >= 0.6 is 0 Å². The van der Waals surface area contributed by atoms with Gasteiger partial charge in [-0.1, -0.05) is 224 Å². The van der Waals surface area contributed by atoms with Crippen LogP contribution in [0, 0.1) is 0 Å². The summed E-state index contributed by atoms with van der Waals surface area (Å²) in [6, 6.07) is 0. The van der Waals surface area contributed by atoms with E-state index in [0.717, 1.165) is 96.3 Å². The van der Waals surface area contributed by atoms with E-state index in [1.807, 2.05) is 12.2 Å². The monoisotopic (exact) mass is 979 g/mol. The van der Waals surface area contributed by atoms with Crippen molar-refractivity contribution < 1.29 is 28.6 Å². The first-order chi connectivity index (χ1) is 35.0. The Labute approximate surface area is 436 Å². The molecule has 398 valence electrons. The van der Waals surface area contributed by atoms with Gasteiger partial charge in [-0.15, -0.1) is 0 Å². The molecule has 0 aliphatic heterocycles. The molecule has 0 aromatic rings. The quantitative estimate of drug-likeness (QED) is 0.0262. The van der Waals surface area contributed by atoms with Gasteiger partial charge in [-0.2, -0.15) is 0 Å². The van der Waals surface area contributed by atoms with E-state index in [-0.39, 0.29) is 38.0 Å². The molecule has 0 aromatic carbocycles. The van der Waals surface area contributed by atoms with E-state index < -0.39 is 12.1 Å². The average molecular weight is 980 g/mol. The lowest BCUT2D eigenvalue weighted by Gasteiger charge is -2.18. The summed E-state index contributed by atoms with van der Waals surface area (Å²) in [6.07, 6.45) is 82.8. The Kier molecular flexibility index (Phi) is 54.0. The van der Waals surface area contributed by atoms with Crippen molar-refractivity contribution in [2.45, 2.75) is 232 Å². The minimum atomic E-state index is -0.848. The van der Waals surface area contributed by atoms with Crippen LogP contribution in [0.2, 0.25) is 0 Å². The molecular formula is C65H102O6. The zero-order valence-electron chi connectivity index (χ0n) is 45.4. The maximum atomic E-state index is 12.8. The summed E-state index contributed by atoms with van der Waals surface area (Å²) in [4.78, 5) is 38.1. The smallest absolute Gasteiger partial charge is 0.306 e. The molecule has 0 aliphatic carbocycles. The van der Waals surface area contributed by atoms with Gasteiger partial charge in [0.25, 0.3) is 0 Å². The number of hydrogen-bond acceptors (Lipinski definition) is 6. The van der Waals surface area contributed by atoms with Crippen LogP contribution in [0.1, 0.15) is 226 Å². The van der Waals surface area contributed by atoms with Crippen LogP contribution < -0.4 is 0 Å². The van der Waals surface area contributed by atoms with Crippen LogP contribution in [0.15, 0.2) is 146 Å². The van der Waals surface area contributed by atoms with Crippen LogP contribution in [-0.2, 0) is 28.6 Å². The molecule has 0 aliphatic rings. The number of ether oxygens (including phenoxy) is 3. The van der Waals surface area contributed by atoms with Crippen molar-refractivity contribution in [2.24, 2.45) is 0 Å². The minimum absolute atomic E-state index is 0.134. The lowest BCUT2D eigenvalue weighted by Crippen LogP contribution is -2.30. The number of unbranched alkanes of at least 4 members (excludes halogenated alkanes) is 14. The second-order valence-corrected chi connectivity index (χ2v) is 18.1. The summed E-state index contributed by atoms with van der Waals surface area (Å²) in [5.74, 6) is -1.09. The van der Waals surface area contributed by atoms with Gasteiger partial charge in [0, 0.05) is 19.3 Å². The van der Waals surface area contributed by atoms with E-state index in [0.29, 0.717) is 19.3 Å². The van der Waals surface area contributed by atoms with Crippen molar-refractivity contribution >= 4 is 17.9 Å².